The second-order valence-corrected chi connectivity index (χ2v) is 21.3. The van der Waals surface area contributed by atoms with Crippen LogP contribution in [-0.2, 0) is 35.3 Å². The third-order valence-corrected chi connectivity index (χ3v) is 17.7. The van der Waals surface area contributed by atoms with Gasteiger partial charge in [0.15, 0.2) is 30.0 Å². The number of benzene rings is 2. The fourth-order valence-corrected chi connectivity index (χ4v) is 14.1. The summed E-state index contributed by atoms with van der Waals surface area (Å²) >= 11 is 0. The number of rotatable bonds is 10. The number of Topliss-reactive ketones (excluding diaryl/α,β-unsaturated/α-hetero) is 1. The maximum absolute atomic E-state index is 15.3. The van der Waals surface area contributed by atoms with E-state index in [-0.39, 0.29) is 76.8 Å². The van der Waals surface area contributed by atoms with Crippen LogP contribution in [0.15, 0.2) is 85.9 Å². The van der Waals surface area contributed by atoms with Crippen LogP contribution in [0.4, 0.5) is 0 Å². The predicted molar refractivity (Wildman–Crippen MR) is 233 cm³/mol. The van der Waals surface area contributed by atoms with Crippen molar-refractivity contribution >= 4 is 23.5 Å². The molecule has 2 aromatic carbocycles. The van der Waals surface area contributed by atoms with E-state index in [4.69, 9.17) is 18.3 Å². The third-order valence-electron chi connectivity index (χ3n) is 17.7. The van der Waals surface area contributed by atoms with Gasteiger partial charge >= 0.3 is 17.8 Å². The van der Waals surface area contributed by atoms with Crippen LogP contribution in [-0.4, -0.2) is 48.0 Å². The van der Waals surface area contributed by atoms with E-state index in [1.807, 2.05) is 85.6 Å². The molecule has 10 heteroatoms. The molecule has 0 bridgehead atoms. The van der Waals surface area contributed by atoms with Gasteiger partial charge in [-0.25, -0.2) is 4.79 Å². The Morgan fingerprint density at radius 1 is 0.806 bits per heavy atom. The minimum absolute atomic E-state index is 0.000183. The van der Waals surface area contributed by atoms with Gasteiger partial charge in [-0.1, -0.05) is 93.9 Å². The molecule has 4 saturated carbocycles. The molecule has 0 radical (unpaired) electrons. The molecular formula is C52H65NO9. The van der Waals surface area contributed by atoms with E-state index in [9.17, 15) is 19.2 Å². The van der Waals surface area contributed by atoms with Gasteiger partial charge in [0.25, 0.3) is 0 Å². The highest BCUT2D eigenvalue weighted by atomic mass is 16.6. The van der Waals surface area contributed by atoms with Crippen LogP contribution in [0.2, 0.25) is 0 Å². The van der Waals surface area contributed by atoms with Crippen molar-refractivity contribution in [3.8, 4) is 0 Å². The highest BCUT2D eigenvalue weighted by Gasteiger charge is 2.72. The van der Waals surface area contributed by atoms with E-state index in [2.05, 4.69) is 34.6 Å². The average Bonchev–Trinajstić information content (AvgIpc) is 3.56. The lowest BCUT2D eigenvalue weighted by atomic mass is 9.33. The standard InChI is InChI=1S/C52H65NO9/c1-32(54)30-53(9)41-21-22-49(5)40(52(41,8)45(57)59-31-39-33(2)60-46(58)61-39)20-23-51(7)43(49)38(55)28-36-37-29-48(4,25-24-47(37,3)26-27-50(36,51)6)44(56)62-42(34-16-12-10-13-17-34)35-18-14-11-15-19-35/h10-19,28,37,40-43H,20-27,29-31H2,1-9H3/t37-,40+,41-,43+,47+,48-,49-,50+,51+,52-/m0/s1. The third kappa shape index (κ3) is 6.89. The molecule has 5 aliphatic rings. The number of aryl methyl sites for hydroxylation is 1. The number of carbonyl (C=O) groups excluding carboxylic acids is 4. The largest absolute Gasteiger partial charge is 0.519 e. The fraction of sp³-hybridized carbons (Fsp3) is 0.596. The number of ketones is 2. The summed E-state index contributed by atoms with van der Waals surface area (Å²) in [4.78, 5) is 71.0. The molecular weight excluding hydrogens is 783 g/mol. The van der Waals surface area contributed by atoms with Crippen LogP contribution in [0.25, 0.3) is 0 Å². The van der Waals surface area contributed by atoms with E-state index < -0.39 is 39.6 Å². The van der Waals surface area contributed by atoms with Gasteiger partial charge in [0.05, 0.1) is 17.4 Å². The Bertz CT molecular complexity index is 2290. The number of likely N-dealkylation sites (N-methyl/N-ethyl adjacent to an activating group) is 1. The Hall–Kier alpha value is -4.57. The topological polar surface area (TPSA) is 133 Å². The Morgan fingerprint density at radius 3 is 2.03 bits per heavy atom. The fourth-order valence-electron chi connectivity index (χ4n) is 14.1. The molecule has 1 heterocycles. The summed E-state index contributed by atoms with van der Waals surface area (Å²) in [6.07, 6.45) is 8.32. The van der Waals surface area contributed by atoms with E-state index in [0.717, 1.165) is 36.8 Å². The molecule has 332 valence electrons. The second-order valence-electron chi connectivity index (χ2n) is 21.3. The van der Waals surface area contributed by atoms with Gasteiger partial charge in [-0.15, -0.1) is 0 Å². The molecule has 10 atom stereocenters. The number of esters is 2. The zero-order valence-corrected chi connectivity index (χ0v) is 38.1. The van der Waals surface area contributed by atoms with Gasteiger partial charge < -0.3 is 18.3 Å². The van der Waals surface area contributed by atoms with Crippen molar-refractivity contribution in [2.24, 2.45) is 50.2 Å². The Labute approximate surface area is 366 Å². The van der Waals surface area contributed by atoms with Gasteiger partial charge in [-0.05, 0) is 143 Å². The molecule has 5 aliphatic carbocycles. The van der Waals surface area contributed by atoms with Gasteiger partial charge in [0.1, 0.15) is 5.78 Å². The van der Waals surface area contributed by atoms with Crippen molar-refractivity contribution in [2.75, 3.05) is 13.6 Å². The maximum atomic E-state index is 15.3. The SMILES string of the molecule is CC(=O)CN(C)[C@H]1CC[C@@]2(C)[C@@H](CC[C@]3(C)[C@@H]2C(=O)C=C2[C@@H]4C[C@@](C)(C(=O)OC(c5ccccc5)c5ccccc5)CC[C@]4(C)CC[C@]23C)[C@]1(C)C(=O)OCc1oc(=O)oc1C. The normalized spacial score (nSPS) is 36.4. The van der Waals surface area contributed by atoms with Crippen LogP contribution < -0.4 is 5.82 Å². The Morgan fingerprint density at radius 2 is 1.44 bits per heavy atom. The quantitative estimate of drug-likeness (QED) is 0.182. The molecule has 0 spiro atoms. The second kappa shape index (κ2) is 15.6. The maximum Gasteiger partial charge on any atom is 0.519 e. The number of carbonyl (C=O) groups is 4. The number of fused-ring (bicyclic) bond motifs is 7. The first kappa shape index (κ1) is 44.1. The van der Waals surface area contributed by atoms with E-state index in [0.29, 0.717) is 32.1 Å². The summed E-state index contributed by atoms with van der Waals surface area (Å²) in [7, 11) is 1.89. The molecule has 0 amide bonds. The molecule has 0 N–H and O–H groups in total. The highest BCUT2D eigenvalue weighted by molar-refractivity contribution is 5.96. The van der Waals surface area contributed by atoms with Crippen LogP contribution in [0.3, 0.4) is 0 Å². The van der Waals surface area contributed by atoms with Crippen molar-refractivity contribution in [2.45, 2.75) is 132 Å². The van der Waals surface area contributed by atoms with Crippen LogP contribution in [0.5, 0.6) is 0 Å². The summed E-state index contributed by atoms with van der Waals surface area (Å²) < 4.78 is 22.8. The van der Waals surface area contributed by atoms with Crippen LogP contribution in [0.1, 0.15) is 135 Å². The van der Waals surface area contributed by atoms with Gasteiger partial charge in [-0.2, -0.15) is 0 Å². The monoisotopic (exact) mass is 847 g/mol. The van der Waals surface area contributed by atoms with E-state index in [1.54, 1.807) is 13.8 Å². The molecule has 3 aromatic rings. The van der Waals surface area contributed by atoms with Crippen LogP contribution >= 0.6 is 0 Å². The smallest absolute Gasteiger partial charge is 0.457 e. The van der Waals surface area contributed by atoms with Crippen molar-refractivity contribution in [3.05, 3.63) is 106 Å². The minimum Gasteiger partial charge on any atom is -0.457 e. The number of nitrogens with zero attached hydrogens (tertiary/aromatic N) is 1. The summed E-state index contributed by atoms with van der Waals surface area (Å²) in [5, 5.41) is 0. The number of allylic oxidation sites excluding steroid dienone is 2. The first-order valence-corrected chi connectivity index (χ1v) is 22.7. The number of hydrogen-bond donors (Lipinski definition) is 0. The number of hydrogen-bond acceptors (Lipinski definition) is 10. The van der Waals surface area contributed by atoms with Crippen molar-refractivity contribution in [1.82, 2.24) is 4.90 Å². The first-order chi connectivity index (χ1) is 29.2. The zero-order valence-electron chi connectivity index (χ0n) is 38.1. The predicted octanol–water partition coefficient (Wildman–Crippen LogP) is 9.77. The van der Waals surface area contributed by atoms with E-state index >= 15 is 4.79 Å². The van der Waals surface area contributed by atoms with Gasteiger partial charge in [0, 0.05) is 12.0 Å². The Balaban J connectivity index is 1.12. The summed E-state index contributed by atoms with van der Waals surface area (Å²) in [5.74, 6) is -1.54. The molecule has 1 aromatic heterocycles. The lowest BCUT2D eigenvalue weighted by Gasteiger charge is -2.70. The van der Waals surface area contributed by atoms with Crippen LogP contribution in [0, 0.1) is 57.2 Å². The molecule has 62 heavy (non-hydrogen) atoms. The lowest BCUT2D eigenvalue weighted by Crippen LogP contribution is -2.69. The Kier molecular flexibility index (Phi) is 11.1. The van der Waals surface area contributed by atoms with Gasteiger partial charge in [0.2, 0.25) is 0 Å². The first-order valence-electron chi connectivity index (χ1n) is 22.7. The van der Waals surface area contributed by atoms with Crippen molar-refractivity contribution in [1.29, 1.82) is 0 Å². The average molecular weight is 848 g/mol. The molecule has 0 aliphatic heterocycles. The van der Waals surface area contributed by atoms with E-state index in [1.165, 1.54) is 5.57 Å². The molecule has 0 unspecified atom stereocenters. The molecule has 8 rings (SSSR count). The molecule has 4 fully saturated rings. The minimum atomic E-state index is -1.09. The van der Waals surface area contributed by atoms with Crippen molar-refractivity contribution in [3.63, 3.8) is 0 Å². The zero-order chi connectivity index (χ0) is 44.6. The lowest BCUT2D eigenvalue weighted by molar-refractivity contribution is -0.211. The molecule has 0 saturated heterocycles. The summed E-state index contributed by atoms with van der Waals surface area (Å²) in [6, 6.07) is 19.5. The highest BCUT2D eigenvalue weighted by Crippen LogP contribution is 2.75. The van der Waals surface area contributed by atoms with Gasteiger partial charge in [-0.3, -0.25) is 24.1 Å². The number of ether oxygens (including phenoxy) is 2. The molecule has 10 nitrogen and oxygen atoms in total. The summed E-state index contributed by atoms with van der Waals surface area (Å²) in [5.41, 5.74) is -0.168. The summed E-state index contributed by atoms with van der Waals surface area (Å²) in [6.45, 7) is 16.4. The van der Waals surface area contributed by atoms with Crippen molar-refractivity contribution < 1.29 is 37.5 Å².